The third-order valence-electron chi connectivity index (χ3n) is 4.36. The van der Waals surface area contributed by atoms with Crippen LogP contribution in [0.5, 0.6) is 0 Å². The van der Waals surface area contributed by atoms with E-state index < -0.39 is 5.97 Å². The standard InChI is InChI=1S/C16H20N4O3S/c1-11-3-5-19(8-13(11)20-6-4-17-10-20)16(22)18-14-7-12(9-24-14)15(21)23-2/h4,6-7,9-11,13H,3,5,8H2,1-2H3,(H,18,22)/t11-,13-/m1/s1. The number of amides is 2. The summed E-state index contributed by atoms with van der Waals surface area (Å²) < 4.78 is 6.73. The third-order valence-corrected chi connectivity index (χ3v) is 5.21. The second-order valence-corrected chi connectivity index (χ2v) is 6.82. The molecule has 0 aliphatic carbocycles. The molecule has 2 aromatic heterocycles. The first-order valence-corrected chi connectivity index (χ1v) is 8.66. The lowest BCUT2D eigenvalue weighted by atomic mass is 9.93. The quantitative estimate of drug-likeness (QED) is 0.866. The van der Waals surface area contributed by atoms with Crippen molar-refractivity contribution in [3.05, 3.63) is 35.7 Å². The SMILES string of the molecule is COC(=O)c1csc(NC(=O)N2CC[C@@H](C)[C@H](n3ccnc3)C2)c1. The zero-order chi connectivity index (χ0) is 17.1. The van der Waals surface area contributed by atoms with Gasteiger partial charge in [-0.25, -0.2) is 14.6 Å². The molecule has 0 saturated carbocycles. The van der Waals surface area contributed by atoms with E-state index in [-0.39, 0.29) is 12.1 Å². The Bertz CT molecular complexity index is 713. The monoisotopic (exact) mass is 348 g/mol. The number of urea groups is 1. The summed E-state index contributed by atoms with van der Waals surface area (Å²) in [5, 5.41) is 5.18. The summed E-state index contributed by atoms with van der Waals surface area (Å²) in [6, 6.07) is 1.71. The number of imidazole rings is 1. The average Bonchev–Trinajstić information content (AvgIpc) is 3.26. The molecule has 7 nitrogen and oxygen atoms in total. The number of hydrogen-bond acceptors (Lipinski definition) is 5. The average molecular weight is 348 g/mol. The van der Waals surface area contributed by atoms with Gasteiger partial charge in [-0.15, -0.1) is 11.3 Å². The number of rotatable bonds is 3. The van der Waals surface area contributed by atoms with Gasteiger partial charge in [0.15, 0.2) is 0 Å². The highest BCUT2D eigenvalue weighted by molar-refractivity contribution is 7.14. The number of nitrogens with zero attached hydrogens (tertiary/aromatic N) is 3. The second kappa shape index (κ2) is 7.04. The highest BCUT2D eigenvalue weighted by atomic mass is 32.1. The lowest BCUT2D eigenvalue weighted by Crippen LogP contribution is -2.45. The van der Waals surface area contributed by atoms with Crippen molar-refractivity contribution in [3.63, 3.8) is 0 Å². The molecule has 128 valence electrons. The number of anilines is 1. The van der Waals surface area contributed by atoms with E-state index >= 15 is 0 Å². The lowest BCUT2D eigenvalue weighted by molar-refractivity contribution is 0.0601. The maximum absolute atomic E-state index is 12.5. The fraction of sp³-hybridized carbons (Fsp3) is 0.438. The Morgan fingerprint density at radius 1 is 1.46 bits per heavy atom. The molecule has 0 aromatic carbocycles. The number of likely N-dealkylation sites (tertiary alicyclic amines) is 1. The third kappa shape index (κ3) is 3.43. The Kier molecular flexibility index (Phi) is 4.84. The Hall–Kier alpha value is -2.35. The Labute approximate surface area is 144 Å². The van der Waals surface area contributed by atoms with Gasteiger partial charge in [0.25, 0.3) is 0 Å². The molecule has 2 aromatic rings. The van der Waals surface area contributed by atoms with E-state index in [4.69, 9.17) is 0 Å². The van der Waals surface area contributed by atoms with E-state index in [0.717, 1.165) is 6.42 Å². The first-order valence-electron chi connectivity index (χ1n) is 7.78. The fourth-order valence-corrected chi connectivity index (χ4v) is 3.66. The zero-order valence-corrected chi connectivity index (χ0v) is 14.5. The number of aromatic nitrogens is 2. The Morgan fingerprint density at radius 2 is 2.29 bits per heavy atom. The van der Waals surface area contributed by atoms with Crippen LogP contribution in [0.15, 0.2) is 30.2 Å². The molecule has 1 aliphatic rings. The molecule has 0 radical (unpaired) electrons. The zero-order valence-electron chi connectivity index (χ0n) is 13.6. The van der Waals surface area contributed by atoms with Crippen LogP contribution in [0.3, 0.4) is 0 Å². The molecule has 1 saturated heterocycles. The van der Waals surface area contributed by atoms with Crippen LogP contribution in [0, 0.1) is 5.92 Å². The minimum absolute atomic E-state index is 0.148. The van der Waals surface area contributed by atoms with Gasteiger partial charge in [0.05, 0.1) is 30.0 Å². The van der Waals surface area contributed by atoms with Gasteiger partial charge in [-0.05, 0) is 18.4 Å². The van der Waals surface area contributed by atoms with Gasteiger partial charge in [0.1, 0.15) is 0 Å². The fourth-order valence-electron chi connectivity index (χ4n) is 2.90. The summed E-state index contributed by atoms with van der Waals surface area (Å²) in [5.41, 5.74) is 0.446. The molecule has 0 spiro atoms. The van der Waals surface area contributed by atoms with Gasteiger partial charge in [0, 0.05) is 30.9 Å². The maximum atomic E-state index is 12.5. The van der Waals surface area contributed by atoms with Crippen molar-refractivity contribution in [2.75, 3.05) is 25.5 Å². The minimum Gasteiger partial charge on any atom is -0.465 e. The van der Waals surface area contributed by atoms with Crippen LogP contribution < -0.4 is 5.32 Å². The predicted octanol–water partition coefficient (Wildman–Crippen LogP) is 2.85. The van der Waals surface area contributed by atoms with Gasteiger partial charge in [-0.2, -0.15) is 0 Å². The highest BCUT2D eigenvalue weighted by Crippen LogP contribution is 2.28. The van der Waals surface area contributed by atoms with Crippen LogP contribution in [0.1, 0.15) is 29.7 Å². The van der Waals surface area contributed by atoms with E-state index in [1.807, 2.05) is 11.1 Å². The largest absolute Gasteiger partial charge is 0.465 e. The van der Waals surface area contributed by atoms with Crippen molar-refractivity contribution >= 4 is 28.3 Å². The van der Waals surface area contributed by atoms with E-state index in [9.17, 15) is 9.59 Å². The number of carbonyl (C=O) groups excluding carboxylic acids is 2. The summed E-state index contributed by atoms with van der Waals surface area (Å²) in [6.07, 6.45) is 6.43. The van der Waals surface area contributed by atoms with Gasteiger partial charge in [0.2, 0.25) is 0 Å². The lowest BCUT2D eigenvalue weighted by Gasteiger charge is -2.37. The molecule has 1 aliphatic heterocycles. The molecule has 24 heavy (non-hydrogen) atoms. The van der Waals surface area contributed by atoms with Gasteiger partial charge < -0.3 is 14.2 Å². The maximum Gasteiger partial charge on any atom is 0.338 e. The summed E-state index contributed by atoms with van der Waals surface area (Å²) in [6.45, 7) is 3.55. The smallest absolute Gasteiger partial charge is 0.338 e. The van der Waals surface area contributed by atoms with Gasteiger partial charge in [-0.1, -0.05) is 6.92 Å². The van der Waals surface area contributed by atoms with E-state index in [1.165, 1.54) is 18.4 Å². The molecule has 0 bridgehead atoms. The van der Waals surface area contributed by atoms with Crippen LogP contribution in [-0.4, -0.2) is 46.7 Å². The van der Waals surface area contributed by atoms with E-state index in [0.29, 0.717) is 29.6 Å². The Morgan fingerprint density at radius 3 is 3.00 bits per heavy atom. The van der Waals surface area contributed by atoms with Crippen LogP contribution in [0.4, 0.5) is 9.80 Å². The highest BCUT2D eigenvalue weighted by Gasteiger charge is 2.30. The Balaban J connectivity index is 1.64. The topological polar surface area (TPSA) is 76.5 Å². The molecule has 1 N–H and O–H groups in total. The van der Waals surface area contributed by atoms with E-state index in [2.05, 4.69) is 26.5 Å². The van der Waals surface area contributed by atoms with Crippen LogP contribution >= 0.6 is 11.3 Å². The van der Waals surface area contributed by atoms with Crippen molar-refractivity contribution in [3.8, 4) is 0 Å². The first kappa shape index (κ1) is 16.5. The summed E-state index contributed by atoms with van der Waals surface area (Å²) in [7, 11) is 1.34. The normalized spacial score (nSPS) is 20.7. The molecule has 0 unspecified atom stereocenters. The molecular weight excluding hydrogens is 328 g/mol. The molecular formula is C16H20N4O3S. The van der Waals surface area contributed by atoms with Gasteiger partial charge in [-0.3, -0.25) is 5.32 Å². The first-order chi connectivity index (χ1) is 11.6. The number of hydrogen-bond donors (Lipinski definition) is 1. The van der Waals surface area contributed by atoms with Crippen molar-refractivity contribution in [2.24, 2.45) is 5.92 Å². The molecule has 3 heterocycles. The van der Waals surface area contributed by atoms with Crippen LogP contribution in [0.2, 0.25) is 0 Å². The van der Waals surface area contributed by atoms with E-state index in [1.54, 1.807) is 24.0 Å². The molecule has 8 heteroatoms. The summed E-state index contributed by atoms with van der Waals surface area (Å²) in [4.78, 5) is 29.9. The van der Waals surface area contributed by atoms with Gasteiger partial charge >= 0.3 is 12.0 Å². The number of carbonyl (C=O) groups is 2. The number of ether oxygens (including phenoxy) is 1. The number of methoxy groups -OCH3 is 1. The number of nitrogens with one attached hydrogen (secondary N) is 1. The van der Waals surface area contributed by atoms with Crippen molar-refractivity contribution in [1.82, 2.24) is 14.5 Å². The number of piperidine rings is 1. The van der Waals surface area contributed by atoms with Crippen molar-refractivity contribution in [2.45, 2.75) is 19.4 Å². The second-order valence-electron chi connectivity index (χ2n) is 5.91. The number of thiophene rings is 1. The molecule has 2 atom stereocenters. The number of esters is 1. The predicted molar refractivity (Wildman–Crippen MR) is 91.3 cm³/mol. The van der Waals surface area contributed by atoms with Crippen molar-refractivity contribution in [1.29, 1.82) is 0 Å². The molecule has 3 rings (SSSR count). The molecule has 2 amide bonds. The van der Waals surface area contributed by atoms with Crippen LogP contribution in [0.25, 0.3) is 0 Å². The summed E-state index contributed by atoms with van der Waals surface area (Å²) in [5.74, 6) is 0.0784. The minimum atomic E-state index is -0.404. The van der Waals surface area contributed by atoms with Crippen molar-refractivity contribution < 1.29 is 14.3 Å². The molecule has 1 fully saturated rings. The summed E-state index contributed by atoms with van der Waals surface area (Å²) >= 11 is 1.31. The van der Waals surface area contributed by atoms with Crippen LogP contribution in [-0.2, 0) is 4.74 Å².